The van der Waals surface area contributed by atoms with Gasteiger partial charge in [0.25, 0.3) is 5.91 Å². The van der Waals surface area contributed by atoms with Gasteiger partial charge in [-0.2, -0.15) is 4.98 Å². The maximum atomic E-state index is 13.5. The molecular formula is C27H35N9O3S. The van der Waals surface area contributed by atoms with Crippen LogP contribution in [0.15, 0.2) is 24.3 Å². The molecule has 4 N–H and O–H groups in total. The van der Waals surface area contributed by atoms with Gasteiger partial charge in [0.15, 0.2) is 16.6 Å². The molecule has 3 fully saturated rings. The molecule has 12 nitrogen and oxygen atoms in total. The summed E-state index contributed by atoms with van der Waals surface area (Å²) in [6, 6.07) is 7.47. The summed E-state index contributed by atoms with van der Waals surface area (Å²) >= 11 is 1.59. The number of amides is 2. The Kier molecular flexibility index (Phi) is 7.93. The molecular weight excluding hydrogens is 530 g/mol. The zero-order valence-corrected chi connectivity index (χ0v) is 23.3. The van der Waals surface area contributed by atoms with Crippen LogP contribution in [-0.2, 0) is 9.53 Å². The van der Waals surface area contributed by atoms with E-state index in [9.17, 15) is 9.59 Å². The van der Waals surface area contributed by atoms with E-state index in [0.717, 1.165) is 67.6 Å². The number of nitrogens with two attached hydrogens (primary N) is 1. The number of piperidine rings is 1. The quantitative estimate of drug-likeness (QED) is 0.388. The maximum absolute atomic E-state index is 13.5. The molecule has 3 aromatic heterocycles. The largest absolute Gasteiger partial charge is 0.378 e. The minimum Gasteiger partial charge on any atom is -0.378 e. The van der Waals surface area contributed by atoms with E-state index in [-0.39, 0.29) is 24.4 Å². The van der Waals surface area contributed by atoms with Gasteiger partial charge in [0.05, 0.1) is 30.1 Å². The monoisotopic (exact) mass is 565 g/mol. The number of carbonyl (C=O) groups excluding carboxylic acids is 2. The lowest BCUT2D eigenvalue weighted by Crippen LogP contribution is -2.40. The number of anilines is 4. The number of hydrogen-bond donors (Lipinski definition) is 3. The molecule has 3 aliphatic heterocycles. The molecule has 0 radical (unpaired) electrons. The first-order valence-corrected chi connectivity index (χ1v) is 14.8. The Balaban J connectivity index is 1.24. The Labute approximate surface area is 236 Å². The number of carbonyl (C=O) groups is 2. The summed E-state index contributed by atoms with van der Waals surface area (Å²) in [6.45, 7) is 6.12. The van der Waals surface area contributed by atoms with E-state index in [1.165, 1.54) is 6.42 Å². The fourth-order valence-corrected chi connectivity index (χ4v) is 6.46. The Morgan fingerprint density at radius 1 is 1.00 bits per heavy atom. The molecule has 40 heavy (non-hydrogen) atoms. The van der Waals surface area contributed by atoms with Crippen LogP contribution in [-0.4, -0.2) is 91.8 Å². The number of pyridine rings is 2. The zero-order chi connectivity index (χ0) is 27.5. The molecule has 0 spiro atoms. The van der Waals surface area contributed by atoms with Crippen LogP contribution in [0.25, 0.3) is 10.3 Å². The summed E-state index contributed by atoms with van der Waals surface area (Å²) in [5.74, 6) is 1.01. The number of thiazole rings is 1. The van der Waals surface area contributed by atoms with Gasteiger partial charge >= 0.3 is 0 Å². The standard InChI is InChI=1S/C27H35N9O3S/c28-16-23(37)29-18-7-10-36(17-18)22-6-4-5-19(30-22)26(38)31-20-15-21-24(32-25(20)34-8-2-1-3-9-34)33-27(40-21)35-11-13-39-14-12-35/h4-6,15,18H,1-3,7-14,16-17,28H2,(H,29,37)(H,31,38). The summed E-state index contributed by atoms with van der Waals surface area (Å²) in [7, 11) is 0. The first-order chi connectivity index (χ1) is 19.6. The third kappa shape index (κ3) is 5.81. The second-order valence-corrected chi connectivity index (χ2v) is 11.4. The molecule has 3 aromatic rings. The zero-order valence-electron chi connectivity index (χ0n) is 22.5. The van der Waals surface area contributed by atoms with E-state index < -0.39 is 0 Å². The van der Waals surface area contributed by atoms with Gasteiger partial charge in [-0.25, -0.2) is 9.97 Å². The van der Waals surface area contributed by atoms with Crippen molar-refractivity contribution < 1.29 is 14.3 Å². The normalized spacial score (nSPS) is 19.7. The molecule has 0 saturated carbocycles. The van der Waals surface area contributed by atoms with Gasteiger partial charge in [-0.3, -0.25) is 9.59 Å². The maximum Gasteiger partial charge on any atom is 0.274 e. The number of fused-ring (bicyclic) bond motifs is 1. The first-order valence-electron chi connectivity index (χ1n) is 14.0. The highest BCUT2D eigenvalue weighted by Gasteiger charge is 2.26. The van der Waals surface area contributed by atoms with Gasteiger partial charge in [-0.15, -0.1) is 0 Å². The van der Waals surface area contributed by atoms with Crippen LogP contribution in [0, 0.1) is 0 Å². The first kappa shape index (κ1) is 26.7. The Bertz CT molecular complexity index is 1370. The van der Waals surface area contributed by atoms with Crippen molar-refractivity contribution in [3.8, 4) is 0 Å². The summed E-state index contributed by atoms with van der Waals surface area (Å²) < 4.78 is 6.43. The van der Waals surface area contributed by atoms with Gasteiger partial charge < -0.3 is 35.8 Å². The average Bonchev–Trinajstić information content (AvgIpc) is 3.64. The summed E-state index contributed by atoms with van der Waals surface area (Å²) in [5, 5.41) is 6.98. The van der Waals surface area contributed by atoms with Crippen molar-refractivity contribution >= 4 is 56.0 Å². The van der Waals surface area contributed by atoms with Gasteiger partial charge in [-0.1, -0.05) is 17.4 Å². The molecule has 3 saturated heterocycles. The average molecular weight is 566 g/mol. The van der Waals surface area contributed by atoms with Gasteiger partial charge in [-0.05, 0) is 43.9 Å². The highest BCUT2D eigenvalue weighted by molar-refractivity contribution is 7.22. The van der Waals surface area contributed by atoms with E-state index >= 15 is 0 Å². The number of ether oxygens (including phenoxy) is 1. The second kappa shape index (κ2) is 11.9. The Morgan fingerprint density at radius 2 is 1.82 bits per heavy atom. The molecule has 13 heteroatoms. The third-order valence-corrected chi connectivity index (χ3v) is 8.62. The van der Waals surface area contributed by atoms with Gasteiger partial charge in [0.1, 0.15) is 11.5 Å². The molecule has 3 aliphatic rings. The van der Waals surface area contributed by atoms with Gasteiger partial charge in [0, 0.05) is 45.3 Å². The molecule has 1 atom stereocenters. The lowest BCUT2D eigenvalue weighted by molar-refractivity contribution is -0.120. The van der Waals surface area contributed by atoms with Crippen LogP contribution in [0.3, 0.4) is 0 Å². The van der Waals surface area contributed by atoms with E-state index in [1.807, 2.05) is 18.2 Å². The van der Waals surface area contributed by atoms with Crippen LogP contribution in [0.5, 0.6) is 0 Å². The smallest absolute Gasteiger partial charge is 0.274 e. The van der Waals surface area contributed by atoms with E-state index in [4.69, 9.17) is 20.4 Å². The Hall–Kier alpha value is -3.55. The minimum absolute atomic E-state index is 0.0157. The molecule has 2 amide bonds. The summed E-state index contributed by atoms with van der Waals surface area (Å²) in [6.07, 6.45) is 4.18. The van der Waals surface area contributed by atoms with Crippen molar-refractivity contribution in [1.29, 1.82) is 0 Å². The number of nitrogens with zero attached hydrogens (tertiary/aromatic N) is 6. The SMILES string of the molecule is NCC(=O)NC1CCN(c2cccc(C(=O)Nc3cc4sc(N5CCOCC5)nc4nc3N3CCCCC3)n2)C1. The van der Waals surface area contributed by atoms with Gasteiger partial charge in [0.2, 0.25) is 5.91 Å². The van der Waals surface area contributed by atoms with Crippen LogP contribution in [0.1, 0.15) is 36.2 Å². The topological polar surface area (TPSA) is 142 Å². The van der Waals surface area contributed by atoms with Crippen molar-refractivity contribution in [3.05, 3.63) is 30.0 Å². The van der Waals surface area contributed by atoms with Crippen LogP contribution >= 0.6 is 11.3 Å². The summed E-state index contributed by atoms with van der Waals surface area (Å²) in [5.41, 5.74) is 7.15. The summed E-state index contributed by atoms with van der Waals surface area (Å²) in [4.78, 5) is 46.2. The number of nitrogens with one attached hydrogen (secondary N) is 2. The van der Waals surface area contributed by atoms with Crippen molar-refractivity contribution in [2.45, 2.75) is 31.7 Å². The molecule has 212 valence electrons. The minimum atomic E-state index is -0.286. The predicted molar refractivity (Wildman–Crippen MR) is 157 cm³/mol. The van der Waals surface area contributed by atoms with E-state index in [2.05, 4.69) is 30.3 Å². The van der Waals surface area contributed by atoms with Crippen LogP contribution < -0.4 is 31.1 Å². The fourth-order valence-electron chi connectivity index (χ4n) is 5.46. The number of hydrogen-bond acceptors (Lipinski definition) is 11. The molecule has 0 aliphatic carbocycles. The van der Waals surface area contributed by atoms with Crippen molar-refractivity contribution in [2.24, 2.45) is 5.73 Å². The molecule has 0 bridgehead atoms. The predicted octanol–water partition coefficient (Wildman–Crippen LogP) is 1.82. The lowest BCUT2D eigenvalue weighted by atomic mass is 10.1. The third-order valence-electron chi connectivity index (χ3n) is 7.57. The number of morpholine rings is 1. The van der Waals surface area contributed by atoms with E-state index in [0.29, 0.717) is 42.6 Å². The molecule has 0 aromatic carbocycles. The van der Waals surface area contributed by atoms with Crippen LogP contribution in [0.4, 0.5) is 22.5 Å². The highest BCUT2D eigenvalue weighted by atomic mass is 32.1. The van der Waals surface area contributed by atoms with Crippen molar-refractivity contribution in [1.82, 2.24) is 20.3 Å². The van der Waals surface area contributed by atoms with E-state index in [1.54, 1.807) is 17.4 Å². The number of aromatic nitrogens is 3. The molecule has 6 rings (SSSR count). The second-order valence-electron chi connectivity index (χ2n) is 10.4. The molecule has 1 unspecified atom stereocenters. The fraction of sp³-hybridized carbons (Fsp3) is 0.519. The lowest BCUT2D eigenvalue weighted by Gasteiger charge is -2.29. The Morgan fingerprint density at radius 3 is 2.62 bits per heavy atom. The highest BCUT2D eigenvalue weighted by Crippen LogP contribution is 2.35. The number of rotatable bonds is 7. The van der Waals surface area contributed by atoms with Crippen molar-refractivity contribution in [2.75, 3.05) is 79.0 Å². The van der Waals surface area contributed by atoms with Crippen molar-refractivity contribution in [3.63, 3.8) is 0 Å². The molecule has 6 heterocycles. The van der Waals surface area contributed by atoms with Crippen LogP contribution in [0.2, 0.25) is 0 Å².